The van der Waals surface area contributed by atoms with E-state index in [2.05, 4.69) is 52.8 Å². The van der Waals surface area contributed by atoms with Crippen molar-refractivity contribution >= 4 is 39.3 Å². The molecule has 1 saturated carbocycles. The first-order valence-corrected chi connectivity index (χ1v) is 7.58. The Morgan fingerprint density at radius 3 is 2.67 bits per heavy atom. The minimum atomic E-state index is 0.328. The van der Waals surface area contributed by atoms with E-state index in [-0.39, 0.29) is 0 Å². The highest BCUT2D eigenvalue weighted by atomic mass is 79.9. The molecule has 1 nitrogen and oxygen atoms in total. The van der Waals surface area contributed by atoms with Gasteiger partial charge in [-0.3, -0.25) is 0 Å². The predicted molar refractivity (Wildman–Crippen MR) is 82.7 cm³/mol. The van der Waals surface area contributed by atoms with Crippen LogP contribution in [0.3, 0.4) is 0 Å². The van der Waals surface area contributed by atoms with Crippen LogP contribution in [0.2, 0.25) is 0 Å². The van der Waals surface area contributed by atoms with Crippen molar-refractivity contribution in [3.63, 3.8) is 0 Å². The summed E-state index contributed by atoms with van der Waals surface area (Å²) in [7, 11) is 0. The molecular formula is C15H15BrOS. The molecule has 0 unspecified atom stereocenters. The Morgan fingerprint density at radius 2 is 1.94 bits per heavy atom. The van der Waals surface area contributed by atoms with Crippen molar-refractivity contribution in [3.05, 3.63) is 40.9 Å². The van der Waals surface area contributed by atoms with Gasteiger partial charge in [0, 0.05) is 5.41 Å². The van der Waals surface area contributed by atoms with Crippen molar-refractivity contribution in [1.82, 2.24) is 0 Å². The van der Waals surface area contributed by atoms with Gasteiger partial charge in [0.25, 0.3) is 0 Å². The predicted octanol–water partition coefficient (Wildman–Crippen LogP) is 4.69. The molecule has 1 aliphatic rings. The number of rotatable bonds is 4. The topological polar surface area (TPSA) is 9.23 Å². The SMILES string of the molecule is SCC1(COc2ccc3ccccc3c2Br)CC1. The van der Waals surface area contributed by atoms with E-state index in [1.165, 1.54) is 23.6 Å². The molecule has 2 aromatic rings. The van der Waals surface area contributed by atoms with Gasteiger partial charge >= 0.3 is 0 Å². The molecule has 0 aromatic heterocycles. The van der Waals surface area contributed by atoms with Gasteiger partial charge in [0.05, 0.1) is 11.1 Å². The minimum Gasteiger partial charge on any atom is -0.492 e. The quantitative estimate of drug-likeness (QED) is 0.803. The van der Waals surface area contributed by atoms with Crippen LogP contribution in [0.15, 0.2) is 40.9 Å². The molecule has 1 aliphatic carbocycles. The second-order valence-corrected chi connectivity index (χ2v) is 6.15. The maximum absolute atomic E-state index is 5.97. The molecule has 0 bridgehead atoms. The van der Waals surface area contributed by atoms with E-state index in [9.17, 15) is 0 Å². The molecule has 0 heterocycles. The van der Waals surface area contributed by atoms with Gasteiger partial charge in [0.1, 0.15) is 5.75 Å². The van der Waals surface area contributed by atoms with Gasteiger partial charge in [0.2, 0.25) is 0 Å². The Bertz CT molecular complexity index is 578. The zero-order valence-electron chi connectivity index (χ0n) is 10.0. The summed E-state index contributed by atoms with van der Waals surface area (Å²) in [6.07, 6.45) is 2.48. The Hall–Kier alpha value is -0.670. The summed E-state index contributed by atoms with van der Waals surface area (Å²) in [5.74, 6) is 1.85. The lowest BCUT2D eigenvalue weighted by Crippen LogP contribution is -2.14. The maximum atomic E-state index is 5.97. The number of hydrogen-bond acceptors (Lipinski definition) is 2. The van der Waals surface area contributed by atoms with Crippen LogP contribution in [0.1, 0.15) is 12.8 Å². The molecule has 0 saturated heterocycles. The smallest absolute Gasteiger partial charge is 0.134 e. The number of thiol groups is 1. The second-order valence-electron chi connectivity index (χ2n) is 5.05. The maximum Gasteiger partial charge on any atom is 0.134 e. The largest absolute Gasteiger partial charge is 0.492 e. The van der Waals surface area contributed by atoms with Crippen molar-refractivity contribution in [2.45, 2.75) is 12.8 Å². The number of ether oxygens (including phenoxy) is 1. The normalized spacial score (nSPS) is 16.8. The number of hydrogen-bond donors (Lipinski definition) is 1. The highest BCUT2D eigenvalue weighted by molar-refractivity contribution is 9.10. The van der Waals surface area contributed by atoms with Crippen LogP contribution in [0, 0.1) is 5.41 Å². The first-order valence-electron chi connectivity index (χ1n) is 6.15. The summed E-state index contributed by atoms with van der Waals surface area (Å²) in [5, 5.41) is 2.43. The molecule has 1 fully saturated rings. The van der Waals surface area contributed by atoms with Crippen LogP contribution in [-0.2, 0) is 0 Å². The summed E-state index contributed by atoms with van der Waals surface area (Å²) in [4.78, 5) is 0. The van der Waals surface area contributed by atoms with Crippen molar-refractivity contribution < 1.29 is 4.74 Å². The zero-order chi connectivity index (χ0) is 12.6. The Kier molecular flexibility index (Phi) is 3.29. The van der Waals surface area contributed by atoms with Crippen LogP contribution < -0.4 is 4.74 Å². The first kappa shape index (κ1) is 12.4. The molecule has 0 radical (unpaired) electrons. The van der Waals surface area contributed by atoms with E-state index in [0.29, 0.717) is 5.41 Å². The van der Waals surface area contributed by atoms with Crippen molar-refractivity contribution in [2.75, 3.05) is 12.4 Å². The highest BCUT2D eigenvalue weighted by Gasteiger charge is 2.42. The fourth-order valence-corrected chi connectivity index (χ4v) is 3.10. The molecule has 18 heavy (non-hydrogen) atoms. The van der Waals surface area contributed by atoms with E-state index < -0.39 is 0 Å². The average molecular weight is 323 g/mol. The molecule has 94 valence electrons. The van der Waals surface area contributed by atoms with Gasteiger partial charge in [-0.25, -0.2) is 0 Å². The van der Waals surface area contributed by atoms with Gasteiger partial charge < -0.3 is 4.74 Å². The van der Waals surface area contributed by atoms with Crippen molar-refractivity contribution in [1.29, 1.82) is 0 Å². The number of fused-ring (bicyclic) bond motifs is 1. The molecular weight excluding hydrogens is 308 g/mol. The number of benzene rings is 2. The van der Waals surface area contributed by atoms with Gasteiger partial charge in [-0.15, -0.1) is 0 Å². The van der Waals surface area contributed by atoms with E-state index in [1.807, 2.05) is 12.1 Å². The van der Waals surface area contributed by atoms with Crippen LogP contribution in [0.25, 0.3) is 10.8 Å². The lowest BCUT2D eigenvalue weighted by Gasteiger charge is -2.15. The molecule has 3 rings (SSSR count). The third kappa shape index (κ3) is 2.26. The van der Waals surface area contributed by atoms with Crippen molar-refractivity contribution in [2.24, 2.45) is 5.41 Å². The fraction of sp³-hybridized carbons (Fsp3) is 0.333. The average Bonchev–Trinajstić information content (AvgIpc) is 3.19. The molecule has 3 heteroatoms. The van der Waals surface area contributed by atoms with Crippen LogP contribution in [-0.4, -0.2) is 12.4 Å². The van der Waals surface area contributed by atoms with Crippen LogP contribution in [0.5, 0.6) is 5.75 Å². The van der Waals surface area contributed by atoms with Gasteiger partial charge in [-0.1, -0.05) is 30.3 Å². The summed E-state index contributed by atoms with van der Waals surface area (Å²) >= 11 is 8.05. The fourth-order valence-electron chi connectivity index (χ4n) is 2.08. The standard InChI is InChI=1S/C15H15BrOS/c16-14-12-4-2-1-3-11(12)5-6-13(14)17-9-15(10-18)7-8-15/h1-6,18H,7-10H2. The summed E-state index contributed by atoms with van der Waals surface area (Å²) in [6, 6.07) is 12.5. The molecule has 0 amide bonds. The second kappa shape index (κ2) is 4.78. The molecule has 0 N–H and O–H groups in total. The minimum absolute atomic E-state index is 0.328. The van der Waals surface area contributed by atoms with E-state index in [0.717, 1.165) is 22.6 Å². The van der Waals surface area contributed by atoms with Gasteiger partial charge in [-0.2, -0.15) is 12.6 Å². The molecule has 0 atom stereocenters. The Morgan fingerprint density at radius 1 is 1.17 bits per heavy atom. The number of halogens is 1. The van der Waals surface area contributed by atoms with Gasteiger partial charge in [0.15, 0.2) is 0 Å². The summed E-state index contributed by atoms with van der Waals surface area (Å²) in [6.45, 7) is 0.771. The molecule has 0 aliphatic heterocycles. The third-order valence-corrected chi connectivity index (χ3v) is 5.14. The lowest BCUT2D eigenvalue weighted by atomic mass is 10.1. The molecule has 0 spiro atoms. The monoisotopic (exact) mass is 322 g/mol. The molecule has 2 aromatic carbocycles. The van der Waals surface area contributed by atoms with E-state index >= 15 is 0 Å². The highest BCUT2D eigenvalue weighted by Crippen LogP contribution is 2.47. The van der Waals surface area contributed by atoms with E-state index in [1.54, 1.807) is 0 Å². The third-order valence-electron chi connectivity index (χ3n) is 3.65. The summed E-state index contributed by atoms with van der Waals surface area (Å²) < 4.78 is 7.02. The van der Waals surface area contributed by atoms with Gasteiger partial charge in [-0.05, 0) is 51.4 Å². The van der Waals surface area contributed by atoms with Crippen LogP contribution in [0.4, 0.5) is 0 Å². The van der Waals surface area contributed by atoms with Crippen LogP contribution >= 0.6 is 28.6 Å². The Labute approximate surface area is 121 Å². The summed E-state index contributed by atoms with van der Waals surface area (Å²) in [5.41, 5.74) is 0.328. The Balaban J connectivity index is 1.86. The zero-order valence-corrected chi connectivity index (χ0v) is 12.5. The first-order chi connectivity index (χ1) is 8.74. The van der Waals surface area contributed by atoms with E-state index in [4.69, 9.17) is 4.74 Å². The van der Waals surface area contributed by atoms with Crippen molar-refractivity contribution in [3.8, 4) is 5.75 Å². The lowest BCUT2D eigenvalue weighted by molar-refractivity contribution is 0.249.